The Labute approximate surface area is 142 Å². The lowest BCUT2D eigenvalue weighted by Crippen LogP contribution is -2.55. The van der Waals surface area contributed by atoms with Crippen LogP contribution in [-0.4, -0.2) is 62.2 Å². The highest BCUT2D eigenvalue weighted by Crippen LogP contribution is 2.43. The molecule has 0 aliphatic carbocycles. The summed E-state index contributed by atoms with van der Waals surface area (Å²) in [5.74, 6) is -1.47. The Kier molecular flexibility index (Phi) is 4.38. The zero-order valence-corrected chi connectivity index (χ0v) is 14.7. The third-order valence-corrected chi connectivity index (χ3v) is 5.86. The van der Waals surface area contributed by atoms with Gasteiger partial charge in [-0.1, -0.05) is 0 Å². The van der Waals surface area contributed by atoms with Gasteiger partial charge >= 0.3 is 5.97 Å². The quantitative estimate of drug-likeness (QED) is 0.892. The molecule has 3 heterocycles. The van der Waals surface area contributed by atoms with Crippen molar-refractivity contribution in [2.45, 2.75) is 51.7 Å². The molecular formula is C17H26N4O3. The van der Waals surface area contributed by atoms with Crippen molar-refractivity contribution < 1.29 is 14.7 Å². The normalized spacial score (nSPS) is 24.0. The molecule has 1 aromatic heterocycles. The predicted octanol–water partition coefficient (Wildman–Crippen LogP) is 1.11. The summed E-state index contributed by atoms with van der Waals surface area (Å²) in [7, 11) is 1.76. The van der Waals surface area contributed by atoms with Crippen LogP contribution in [-0.2, 0) is 22.7 Å². The van der Waals surface area contributed by atoms with Crippen molar-refractivity contribution in [1.29, 1.82) is 0 Å². The molecule has 7 heteroatoms. The zero-order valence-electron chi connectivity index (χ0n) is 14.7. The molecule has 1 atom stereocenters. The molecule has 7 nitrogen and oxygen atoms in total. The minimum absolute atomic E-state index is 0.0454. The minimum atomic E-state index is -0.846. The number of hydrogen-bond donors (Lipinski definition) is 1. The van der Waals surface area contributed by atoms with Crippen molar-refractivity contribution in [3.63, 3.8) is 0 Å². The Bertz CT molecular complexity index is 646. The number of carbonyl (C=O) groups excluding carboxylic acids is 1. The Morgan fingerprint density at radius 3 is 2.62 bits per heavy atom. The maximum atomic E-state index is 12.1. The van der Waals surface area contributed by atoms with Gasteiger partial charge in [0.15, 0.2) is 0 Å². The number of carboxylic acids is 1. The second-order valence-electron chi connectivity index (χ2n) is 7.02. The molecule has 0 radical (unpaired) electrons. The zero-order chi connectivity index (χ0) is 17.5. The molecule has 0 saturated carbocycles. The summed E-state index contributed by atoms with van der Waals surface area (Å²) in [6, 6.07) is 0. The number of amides is 1. The van der Waals surface area contributed by atoms with Gasteiger partial charge in [-0.15, -0.1) is 0 Å². The Hall–Kier alpha value is -1.89. The van der Waals surface area contributed by atoms with Gasteiger partial charge in [-0.2, -0.15) is 5.10 Å². The maximum absolute atomic E-state index is 12.1. The number of aryl methyl sites for hydroxylation is 2. The largest absolute Gasteiger partial charge is 0.481 e. The van der Waals surface area contributed by atoms with E-state index >= 15 is 0 Å². The van der Waals surface area contributed by atoms with Gasteiger partial charge < -0.3 is 10.0 Å². The molecule has 1 N–H and O–H groups in total. The monoisotopic (exact) mass is 334 g/mol. The van der Waals surface area contributed by atoms with E-state index in [9.17, 15) is 14.7 Å². The second-order valence-corrected chi connectivity index (χ2v) is 7.02. The van der Waals surface area contributed by atoms with Crippen molar-refractivity contribution in [3.8, 4) is 0 Å². The molecule has 0 bridgehead atoms. The van der Waals surface area contributed by atoms with Gasteiger partial charge in [-0.25, -0.2) is 0 Å². The van der Waals surface area contributed by atoms with E-state index in [1.807, 2.05) is 11.6 Å². The molecule has 1 aromatic rings. The fraction of sp³-hybridized carbons (Fsp3) is 0.706. The molecular weight excluding hydrogens is 308 g/mol. The van der Waals surface area contributed by atoms with Crippen LogP contribution in [0.2, 0.25) is 0 Å². The highest BCUT2D eigenvalue weighted by Gasteiger charge is 2.55. The minimum Gasteiger partial charge on any atom is -0.481 e. The molecule has 2 aliphatic heterocycles. The fourth-order valence-electron chi connectivity index (χ4n) is 4.20. The molecule has 24 heavy (non-hydrogen) atoms. The number of aliphatic carboxylic acids is 1. The van der Waals surface area contributed by atoms with Crippen LogP contribution >= 0.6 is 0 Å². The van der Waals surface area contributed by atoms with E-state index in [-0.39, 0.29) is 12.3 Å². The first-order valence-electron chi connectivity index (χ1n) is 8.62. The van der Waals surface area contributed by atoms with E-state index < -0.39 is 17.4 Å². The number of likely N-dealkylation sites (tertiary alicyclic amines) is 2. The van der Waals surface area contributed by atoms with Gasteiger partial charge in [0.1, 0.15) is 0 Å². The Morgan fingerprint density at radius 2 is 2.08 bits per heavy atom. The summed E-state index contributed by atoms with van der Waals surface area (Å²) in [4.78, 5) is 27.7. The van der Waals surface area contributed by atoms with Crippen LogP contribution in [0.5, 0.6) is 0 Å². The number of aromatic nitrogens is 2. The number of rotatable bonds is 4. The van der Waals surface area contributed by atoms with Crippen molar-refractivity contribution in [1.82, 2.24) is 19.6 Å². The van der Waals surface area contributed by atoms with Crippen LogP contribution in [0.4, 0.5) is 0 Å². The number of carboxylic acid groups (broad SMARTS) is 1. The Balaban J connectivity index is 1.69. The van der Waals surface area contributed by atoms with Crippen molar-refractivity contribution in [3.05, 3.63) is 17.5 Å². The average Bonchev–Trinajstić information content (AvgIpc) is 3.03. The van der Waals surface area contributed by atoms with Crippen molar-refractivity contribution in [2.75, 3.05) is 20.1 Å². The molecule has 2 saturated heterocycles. The van der Waals surface area contributed by atoms with Crippen LogP contribution in [0.3, 0.4) is 0 Å². The second kappa shape index (κ2) is 6.20. The van der Waals surface area contributed by atoms with Crippen molar-refractivity contribution >= 4 is 11.9 Å². The first-order valence-corrected chi connectivity index (χ1v) is 8.62. The van der Waals surface area contributed by atoms with E-state index in [0.717, 1.165) is 31.9 Å². The van der Waals surface area contributed by atoms with E-state index in [1.54, 1.807) is 11.9 Å². The number of carbonyl (C=O) groups is 2. The third-order valence-electron chi connectivity index (χ3n) is 5.86. The highest BCUT2D eigenvalue weighted by molar-refractivity contribution is 5.88. The Morgan fingerprint density at radius 1 is 1.42 bits per heavy atom. The fourth-order valence-corrected chi connectivity index (χ4v) is 4.20. The van der Waals surface area contributed by atoms with E-state index in [1.165, 1.54) is 5.56 Å². The van der Waals surface area contributed by atoms with Gasteiger partial charge in [-0.05, 0) is 26.7 Å². The van der Waals surface area contributed by atoms with Gasteiger partial charge in [0.05, 0.1) is 17.2 Å². The van der Waals surface area contributed by atoms with Gasteiger partial charge in [-0.3, -0.25) is 19.2 Å². The van der Waals surface area contributed by atoms with Crippen LogP contribution in [0.15, 0.2) is 6.20 Å². The lowest BCUT2D eigenvalue weighted by molar-refractivity contribution is -0.146. The van der Waals surface area contributed by atoms with E-state index in [2.05, 4.69) is 23.1 Å². The van der Waals surface area contributed by atoms with E-state index in [0.29, 0.717) is 12.8 Å². The summed E-state index contributed by atoms with van der Waals surface area (Å²) in [5, 5.41) is 14.0. The topological polar surface area (TPSA) is 78.7 Å². The van der Waals surface area contributed by atoms with Crippen LogP contribution in [0, 0.1) is 12.8 Å². The summed E-state index contributed by atoms with van der Waals surface area (Å²) < 4.78 is 1.94. The van der Waals surface area contributed by atoms with Gasteiger partial charge in [0.25, 0.3) is 0 Å². The SMILES string of the molecule is CCn1cc(CN2CCC3(CC2)[C@H](C(=O)O)CC(=O)N3C)c(C)n1. The van der Waals surface area contributed by atoms with Gasteiger partial charge in [0, 0.05) is 51.4 Å². The molecule has 2 fully saturated rings. The molecule has 0 unspecified atom stereocenters. The first-order chi connectivity index (χ1) is 11.4. The number of piperidine rings is 1. The first kappa shape index (κ1) is 17.0. The number of hydrogen-bond acceptors (Lipinski definition) is 4. The molecule has 1 amide bonds. The average molecular weight is 334 g/mol. The van der Waals surface area contributed by atoms with Crippen LogP contribution < -0.4 is 0 Å². The molecule has 2 aliphatic rings. The van der Waals surface area contributed by atoms with Crippen LogP contribution in [0.25, 0.3) is 0 Å². The number of nitrogens with zero attached hydrogens (tertiary/aromatic N) is 4. The summed E-state index contributed by atoms with van der Waals surface area (Å²) in [6.45, 7) is 7.39. The lowest BCUT2D eigenvalue weighted by Gasteiger charge is -2.45. The summed E-state index contributed by atoms with van der Waals surface area (Å²) >= 11 is 0. The lowest BCUT2D eigenvalue weighted by atomic mass is 9.77. The smallest absolute Gasteiger partial charge is 0.309 e. The van der Waals surface area contributed by atoms with Crippen molar-refractivity contribution in [2.24, 2.45) is 5.92 Å². The van der Waals surface area contributed by atoms with E-state index in [4.69, 9.17) is 0 Å². The summed E-state index contributed by atoms with van der Waals surface area (Å²) in [5.41, 5.74) is 1.76. The molecule has 1 spiro atoms. The maximum Gasteiger partial charge on any atom is 0.309 e. The summed E-state index contributed by atoms with van der Waals surface area (Å²) in [6.07, 6.45) is 3.65. The standard InChI is InChI=1S/C17H26N4O3/c1-4-21-11-13(12(2)18-21)10-20-7-5-17(6-8-20)14(16(23)24)9-15(22)19(17)3/h11,14H,4-10H2,1-3H3,(H,23,24)/t14-/m0/s1. The molecule has 0 aromatic carbocycles. The third kappa shape index (κ3) is 2.70. The molecule has 3 rings (SSSR count). The molecule has 132 valence electrons. The predicted molar refractivity (Wildman–Crippen MR) is 88.4 cm³/mol. The van der Waals surface area contributed by atoms with Gasteiger partial charge in [0.2, 0.25) is 5.91 Å². The van der Waals surface area contributed by atoms with Crippen LogP contribution in [0.1, 0.15) is 37.4 Å². The highest BCUT2D eigenvalue weighted by atomic mass is 16.4.